The highest BCUT2D eigenvalue weighted by Gasteiger charge is 2.59. The number of hydrogen-bond acceptors (Lipinski definition) is 15. The minimum Gasteiger partial charge on any atom is -0.445 e. The molecule has 6 N–H and O–H groups in total. The van der Waals surface area contributed by atoms with E-state index in [9.17, 15) is 114 Å². The van der Waals surface area contributed by atoms with Gasteiger partial charge >= 0.3 is 60.6 Å². The molecule has 4 heterocycles. The molecule has 3 aliphatic rings. The van der Waals surface area contributed by atoms with E-state index in [0.29, 0.717) is 58.7 Å². The molecular weight excluding hydrogens is 1700 g/mol. The van der Waals surface area contributed by atoms with Gasteiger partial charge in [0, 0.05) is 17.9 Å². The molecule has 9 atom stereocenters. The van der Waals surface area contributed by atoms with Gasteiger partial charge in [0.1, 0.15) is 26.1 Å². The lowest BCUT2D eigenvalue weighted by atomic mass is 9.75. The van der Waals surface area contributed by atoms with Crippen molar-refractivity contribution in [1.29, 1.82) is 0 Å². The number of nitrogens with one attached hydrogen (secondary N) is 2. The van der Waals surface area contributed by atoms with Crippen LogP contribution in [0.1, 0.15) is 155 Å². The molecule has 0 aliphatic carbocycles. The van der Waals surface area contributed by atoms with Gasteiger partial charge in [-0.1, -0.05) is 152 Å². The lowest BCUT2D eigenvalue weighted by Gasteiger charge is -2.52. The number of ether oxygens (including phenoxy) is 5. The summed E-state index contributed by atoms with van der Waals surface area (Å²) in [7, 11) is 0. The number of nitro groups is 1. The number of benzene rings is 8. The molecule has 0 spiro atoms. The van der Waals surface area contributed by atoms with Crippen LogP contribution in [0, 0.1) is 16.7 Å². The lowest BCUT2D eigenvalue weighted by Crippen LogP contribution is -2.66. The number of nitrogens with two attached hydrogens (primary N) is 1. The summed E-state index contributed by atoms with van der Waals surface area (Å²) in [6, 6.07) is 47.1. The van der Waals surface area contributed by atoms with Gasteiger partial charge in [-0.25, -0.2) is 30.6 Å². The molecule has 3 saturated heterocycles. The number of hydrogen-bond donors (Lipinski definition) is 5. The zero-order valence-corrected chi connectivity index (χ0v) is 67.3. The first-order valence-corrected chi connectivity index (χ1v) is 38.9. The minimum absolute atomic E-state index is 0.0133. The average Bonchev–Trinajstić information content (AvgIpc) is 0.781. The van der Waals surface area contributed by atoms with E-state index < -0.39 is 177 Å². The van der Waals surface area contributed by atoms with Crippen molar-refractivity contribution in [3.05, 3.63) is 322 Å². The fourth-order valence-corrected chi connectivity index (χ4v) is 15.1. The number of rotatable bonds is 23. The second-order valence-corrected chi connectivity index (χ2v) is 31.0. The number of aromatic nitrogens is 3. The van der Waals surface area contributed by atoms with Crippen LogP contribution in [0.2, 0.25) is 0 Å². The fourth-order valence-electron chi connectivity index (χ4n) is 15.1. The predicted molar refractivity (Wildman–Crippen MR) is 417 cm³/mol. The Hall–Kier alpha value is -11.4. The molecule has 0 radical (unpaired) electrons. The van der Waals surface area contributed by atoms with Crippen LogP contribution in [0.3, 0.4) is 0 Å². The number of carbonyl (C=O) groups excluding carboxylic acids is 2. The highest BCUT2D eigenvalue weighted by molar-refractivity contribution is 5.71. The first-order valence-electron chi connectivity index (χ1n) is 38.9. The Labute approximate surface area is 708 Å². The monoisotopic (exact) mass is 1790 g/mol. The van der Waals surface area contributed by atoms with Gasteiger partial charge in [-0.3, -0.25) is 30.1 Å². The zero-order chi connectivity index (χ0) is 92.3. The van der Waals surface area contributed by atoms with Crippen molar-refractivity contribution in [2.75, 3.05) is 52.7 Å². The van der Waals surface area contributed by atoms with Crippen molar-refractivity contribution in [3.8, 4) is 0 Å². The van der Waals surface area contributed by atoms with Gasteiger partial charge < -0.3 is 39.6 Å². The van der Waals surface area contributed by atoms with Crippen LogP contribution in [-0.2, 0) is 96.2 Å². The second-order valence-electron chi connectivity index (χ2n) is 31.0. The smallest absolute Gasteiger partial charge is 0.416 e. The molecule has 0 unspecified atom stereocenters. The quantitative estimate of drug-likeness (QED) is 0.0173. The van der Waals surface area contributed by atoms with Gasteiger partial charge in [-0.2, -0.15) is 84.1 Å². The molecule has 0 bridgehead atoms. The van der Waals surface area contributed by atoms with Gasteiger partial charge in [-0.15, -0.1) is 0 Å². The summed E-state index contributed by atoms with van der Waals surface area (Å²) < 4.78 is 272. The predicted octanol–water partition coefficient (Wildman–Crippen LogP) is 19.2. The molecule has 9 aromatic rings. The molecule has 3 fully saturated rings. The molecule has 2 amide bonds. The normalized spacial score (nSPS) is 22.0. The lowest BCUT2D eigenvalue weighted by molar-refractivity contribution is -0.579. The first-order chi connectivity index (χ1) is 59.1. The summed E-state index contributed by atoms with van der Waals surface area (Å²) >= 11 is 0. The topological polar surface area (TPSA) is 263 Å². The second kappa shape index (κ2) is 38.8. The Bertz CT molecular complexity index is 5170. The number of aromatic amines is 1. The van der Waals surface area contributed by atoms with E-state index in [1.54, 1.807) is 140 Å². The number of aliphatic hydroxyl groups excluding tert-OH is 2. The van der Waals surface area contributed by atoms with Crippen molar-refractivity contribution in [3.63, 3.8) is 0 Å². The molecule has 3 aliphatic heterocycles. The van der Waals surface area contributed by atoms with E-state index in [4.69, 9.17) is 36.0 Å². The van der Waals surface area contributed by atoms with Crippen LogP contribution >= 0.6 is 0 Å². The molecule has 126 heavy (non-hydrogen) atoms. The summed E-state index contributed by atoms with van der Waals surface area (Å²) in [6.45, 7) is 8.47. The number of halogens is 18. The number of carbonyl (C=O) groups is 2. The van der Waals surface area contributed by atoms with Gasteiger partial charge in [0.2, 0.25) is 0 Å². The Balaban J connectivity index is 0.000000198. The van der Waals surface area contributed by atoms with Crippen LogP contribution in [0.15, 0.2) is 217 Å². The minimum atomic E-state index is -5.07. The molecule has 0 saturated carbocycles. The average molecular weight is 1790 g/mol. The summed E-state index contributed by atoms with van der Waals surface area (Å²) in [5.41, 5.74) is -8.92. The van der Waals surface area contributed by atoms with Crippen molar-refractivity contribution < 1.29 is 127 Å². The third kappa shape index (κ3) is 22.9. The molecule has 1 aromatic heterocycles. The number of likely N-dealkylation sites (tertiary alicyclic amines) is 2. The van der Waals surface area contributed by atoms with Crippen LogP contribution in [-0.4, -0.2) is 116 Å². The number of H-pyrrole nitrogens is 1. The van der Waals surface area contributed by atoms with E-state index >= 15 is 0 Å². The zero-order valence-electron chi connectivity index (χ0n) is 67.3. The number of piperidine rings is 3. The SMILES string of the molecule is C[C@@H](OC[C@@]1(c2ccccc2)CC[C@@](CO)([N+](=O)[O-])CN1C(=O)OCc1ccccc1)c1cc(C(F)(F)F)cc(C(F)(F)F)c1.C[C@@H](OC[C@@]1(c2ccccc2)CC[C@](N)(CO)CN1C(=O)OCc1ccccc1)c1cc(C(F)(F)F)cc(C(F)(F)F)c1.[C-]#[N+][C@@]1(n2cn[nH]c2=O)CC[C@@](CO[C@H](C)c2cc(C(F)(F)F)cc(C(F)(F)F)c2)(c2ccccc2)NC1. The third-order valence-electron chi connectivity index (χ3n) is 22.6. The summed E-state index contributed by atoms with van der Waals surface area (Å²) in [5, 5.41) is 41.5. The Morgan fingerprint density at radius 2 is 0.833 bits per heavy atom. The summed E-state index contributed by atoms with van der Waals surface area (Å²) in [5.74, 6) is 0. The Morgan fingerprint density at radius 1 is 0.492 bits per heavy atom. The van der Waals surface area contributed by atoms with E-state index in [1.807, 2.05) is 12.1 Å². The van der Waals surface area contributed by atoms with Crippen molar-refractivity contribution >= 4 is 12.2 Å². The first kappa shape index (κ1) is 96.8. The van der Waals surface area contributed by atoms with Gasteiger partial charge in [0.15, 0.2) is 0 Å². The maximum atomic E-state index is 13.7. The molecular formula is C87H85F18N9O12. The fraction of sp³-hybridized carbons (Fsp3) is 0.391. The summed E-state index contributed by atoms with van der Waals surface area (Å²) in [4.78, 5) is 57.1. The number of amides is 2. The standard InChI is InChI=1S/C31H30F6N2O6.C31H32F6N2O4.C25H23F6N5O2/c1-21(23-14-25(30(32,33)34)16-26(15-23)31(35,36)37)45-20-29(24-10-6-3-7-11-24)13-12-28(19-40,39(42)43)18-38(29)27(41)44-17-22-8-4-2-5-9-22;1-21(23-14-25(30(32,33)34)16-26(15-23)31(35,36)37)43-20-29(24-10-6-3-7-11-24)13-12-28(38,19-40)18-39(29)27(41)42-17-22-8-4-2-5-9-22;1-16(17-10-19(24(26,27)28)12-20(11-17)25(29,30)31)38-14-22(18-6-4-3-5-7-18)8-9-23(32-2,13-33-22)36-15-34-35-21(36)37/h2-11,14-16,21,40H,12-13,17-20H2,1H3;2-11,14-16,21,40H,12-13,17-20,38H2,1H3;3-7,10-12,15-16,33H,8-9,13-14H2,1H3,(H,35,37)/t2*21-,28-,29-;16-,22-,23-/m111/s1. The number of nitrogens with zero attached hydrogens (tertiary/aromatic N) is 6. The van der Waals surface area contributed by atoms with Crippen molar-refractivity contribution in [2.24, 2.45) is 5.73 Å². The molecule has 676 valence electrons. The largest absolute Gasteiger partial charge is 0.445 e. The van der Waals surface area contributed by atoms with Crippen LogP contribution < -0.4 is 16.7 Å². The maximum Gasteiger partial charge on any atom is 0.416 e. The number of alkyl halides is 18. The van der Waals surface area contributed by atoms with Gasteiger partial charge in [-0.05, 0) is 146 Å². The molecule has 21 nitrogen and oxygen atoms in total. The molecule has 8 aromatic carbocycles. The van der Waals surface area contributed by atoms with E-state index in [2.05, 4.69) is 20.4 Å². The van der Waals surface area contributed by atoms with E-state index in [0.717, 1.165) is 10.5 Å². The maximum absolute atomic E-state index is 13.7. The third-order valence-corrected chi connectivity index (χ3v) is 22.6. The summed E-state index contributed by atoms with van der Waals surface area (Å²) in [6.07, 6.45) is -33.8. The van der Waals surface area contributed by atoms with E-state index in [1.165, 1.54) is 36.6 Å². The van der Waals surface area contributed by atoms with Crippen LogP contribution in [0.25, 0.3) is 4.85 Å². The van der Waals surface area contributed by atoms with Crippen molar-refractivity contribution in [1.82, 2.24) is 29.9 Å². The Kier molecular flexibility index (Phi) is 29.8. The molecule has 12 rings (SSSR count). The van der Waals surface area contributed by atoms with Crippen LogP contribution in [0.4, 0.5) is 88.6 Å². The highest BCUT2D eigenvalue weighted by atomic mass is 19.4. The van der Waals surface area contributed by atoms with Crippen LogP contribution in [0.5, 0.6) is 0 Å². The number of aliphatic hydroxyl groups is 2. The van der Waals surface area contributed by atoms with Gasteiger partial charge in [0.05, 0.1) is 120 Å². The highest BCUT2D eigenvalue weighted by Crippen LogP contribution is 2.49. The molecule has 39 heteroatoms. The van der Waals surface area contributed by atoms with Gasteiger partial charge in [0.25, 0.3) is 5.54 Å². The Morgan fingerprint density at radius 3 is 1.14 bits per heavy atom. The van der Waals surface area contributed by atoms with Crippen molar-refractivity contribution in [2.45, 2.75) is 161 Å². The van der Waals surface area contributed by atoms with E-state index in [-0.39, 0.29) is 107 Å².